The molecule has 27 heavy (non-hydrogen) atoms. The highest BCUT2D eigenvalue weighted by Gasteiger charge is 2.41. The second-order valence-electron chi connectivity index (χ2n) is 7.17. The molecule has 3 heterocycles. The number of amides is 1. The summed E-state index contributed by atoms with van der Waals surface area (Å²) in [6.07, 6.45) is 5.12. The molecule has 0 aliphatic carbocycles. The molecule has 1 aliphatic rings. The molecule has 0 unspecified atom stereocenters. The van der Waals surface area contributed by atoms with Crippen LogP contribution in [0.4, 0.5) is 0 Å². The first-order valence-corrected chi connectivity index (χ1v) is 9.17. The minimum Gasteiger partial charge on any atom is -0.358 e. The third kappa shape index (κ3) is 3.47. The SMILES string of the molecule is Cc1[nH]c2ccc(CNC(=O)C3(n4cccn4)CCNCC3)cc2c1C.Cl. The van der Waals surface area contributed by atoms with Crippen LogP contribution in [0.1, 0.15) is 29.7 Å². The molecule has 0 spiro atoms. The molecule has 1 saturated heterocycles. The van der Waals surface area contributed by atoms with Gasteiger partial charge in [0.05, 0.1) is 0 Å². The number of hydrogen-bond donors (Lipinski definition) is 3. The summed E-state index contributed by atoms with van der Waals surface area (Å²) in [4.78, 5) is 16.5. The van der Waals surface area contributed by atoms with Gasteiger partial charge in [0.2, 0.25) is 5.91 Å². The summed E-state index contributed by atoms with van der Waals surface area (Å²) < 4.78 is 1.83. The molecule has 1 aromatic carbocycles. The molecule has 0 radical (unpaired) electrons. The lowest BCUT2D eigenvalue weighted by atomic mass is 9.87. The number of fused-ring (bicyclic) bond motifs is 1. The zero-order valence-corrected chi connectivity index (χ0v) is 16.5. The molecule has 3 N–H and O–H groups in total. The molecule has 2 aromatic heterocycles. The van der Waals surface area contributed by atoms with Crippen LogP contribution < -0.4 is 10.6 Å². The molecule has 1 amide bonds. The van der Waals surface area contributed by atoms with Crippen molar-refractivity contribution in [1.29, 1.82) is 0 Å². The van der Waals surface area contributed by atoms with Gasteiger partial charge in [-0.05, 0) is 69.1 Å². The maximum atomic E-state index is 13.1. The maximum Gasteiger partial charge on any atom is 0.248 e. The van der Waals surface area contributed by atoms with Gasteiger partial charge in [-0.3, -0.25) is 9.48 Å². The van der Waals surface area contributed by atoms with E-state index in [0.717, 1.165) is 37.0 Å². The van der Waals surface area contributed by atoms with Crippen molar-refractivity contribution in [2.45, 2.75) is 38.8 Å². The van der Waals surface area contributed by atoms with Crippen molar-refractivity contribution in [3.63, 3.8) is 0 Å². The number of aromatic nitrogens is 3. The Bertz CT molecular complexity index is 925. The predicted octanol–water partition coefficient (Wildman–Crippen LogP) is 2.80. The zero-order valence-electron chi connectivity index (χ0n) is 15.7. The van der Waals surface area contributed by atoms with E-state index in [9.17, 15) is 4.79 Å². The third-order valence-corrected chi connectivity index (χ3v) is 5.62. The molecule has 1 fully saturated rings. The highest BCUT2D eigenvalue weighted by Crippen LogP contribution is 2.27. The predicted molar refractivity (Wildman–Crippen MR) is 109 cm³/mol. The standard InChI is InChI=1S/C20H25N5O.ClH/c1-14-15(2)24-18-5-4-16(12-17(14)18)13-22-19(26)20(6-9-21-10-7-20)25-11-3-8-23-25;/h3-5,8,11-12,21,24H,6-7,9-10,13H2,1-2H3,(H,22,26);1H. The second kappa shape index (κ2) is 7.74. The van der Waals surface area contributed by atoms with E-state index < -0.39 is 5.54 Å². The maximum absolute atomic E-state index is 13.1. The highest BCUT2D eigenvalue weighted by atomic mass is 35.5. The van der Waals surface area contributed by atoms with Crippen molar-refractivity contribution in [2.75, 3.05) is 13.1 Å². The van der Waals surface area contributed by atoms with E-state index in [1.54, 1.807) is 6.20 Å². The van der Waals surface area contributed by atoms with Crippen molar-refractivity contribution < 1.29 is 4.79 Å². The van der Waals surface area contributed by atoms with Gasteiger partial charge < -0.3 is 15.6 Å². The molecule has 3 aromatic rings. The van der Waals surface area contributed by atoms with Crippen LogP contribution >= 0.6 is 12.4 Å². The zero-order chi connectivity index (χ0) is 18.1. The van der Waals surface area contributed by atoms with Gasteiger partial charge in [-0.25, -0.2) is 0 Å². The monoisotopic (exact) mass is 387 g/mol. The Balaban J connectivity index is 0.00000210. The van der Waals surface area contributed by atoms with Gasteiger partial charge in [0.15, 0.2) is 0 Å². The Kier molecular flexibility index (Phi) is 5.58. The third-order valence-electron chi connectivity index (χ3n) is 5.62. The number of piperidine rings is 1. The summed E-state index contributed by atoms with van der Waals surface area (Å²) in [6.45, 7) is 6.37. The average Bonchev–Trinajstić information content (AvgIpc) is 3.30. The molecule has 4 rings (SSSR count). The van der Waals surface area contributed by atoms with Gasteiger partial charge in [-0.1, -0.05) is 6.07 Å². The molecule has 0 saturated carbocycles. The molecule has 0 atom stereocenters. The fourth-order valence-corrected chi connectivity index (χ4v) is 3.89. The number of carbonyl (C=O) groups is 1. The quantitative estimate of drug-likeness (QED) is 0.644. The number of aryl methyl sites for hydroxylation is 2. The number of nitrogens with zero attached hydrogens (tertiary/aromatic N) is 2. The van der Waals surface area contributed by atoms with E-state index in [1.807, 2.05) is 16.9 Å². The van der Waals surface area contributed by atoms with E-state index in [2.05, 4.69) is 52.8 Å². The Morgan fingerprint density at radius 3 is 2.78 bits per heavy atom. The van der Waals surface area contributed by atoms with Crippen LogP contribution in [0.3, 0.4) is 0 Å². The normalized spacial score (nSPS) is 16.1. The largest absolute Gasteiger partial charge is 0.358 e. The topological polar surface area (TPSA) is 74.7 Å². The summed E-state index contributed by atoms with van der Waals surface area (Å²) in [6, 6.07) is 8.20. The van der Waals surface area contributed by atoms with Crippen molar-refractivity contribution in [1.82, 2.24) is 25.4 Å². The number of halogens is 1. The molecule has 1 aliphatic heterocycles. The van der Waals surface area contributed by atoms with Crippen LogP contribution in [0.5, 0.6) is 0 Å². The number of rotatable bonds is 4. The first kappa shape index (κ1) is 19.5. The number of H-pyrrole nitrogens is 1. The van der Waals surface area contributed by atoms with E-state index in [1.165, 1.54) is 16.6 Å². The van der Waals surface area contributed by atoms with Gasteiger partial charge in [0, 0.05) is 35.5 Å². The molecule has 7 heteroatoms. The Morgan fingerprint density at radius 1 is 1.30 bits per heavy atom. The van der Waals surface area contributed by atoms with Crippen LogP contribution in [0.2, 0.25) is 0 Å². The molecule has 0 bridgehead atoms. The molecular weight excluding hydrogens is 362 g/mol. The van der Waals surface area contributed by atoms with Crippen LogP contribution in [-0.4, -0.2) is 33.8 Å². The van der Waals surface area contributed by atoms with Crippen LogP contribution in [-0.2, 0) is 16.9 Å². The molecular formula is C20H26ClN5O. The second-order valence-corrected chi connectivity index (χ2v) is 7.17. The fourth-order valence-electron chi connectivity index (χ4n) is 3.89. The summed E-state index contributed by atoms with van der Waals surface area (Å²) in [5.74, 6) is 0.0461. The Morgan fingerprint density at radius 2 is 2.07 bits per heavy atom. The number of aromatic amines is 1. The van der Waals surface area contributed by atoms with Gasteiger partial charge in [-0.2, -0.15) is 5.10 Å². The van der Waals surface area contributed by atoms with Crippen molar-refractivity contribution in [3.8, 4) is 0 Å². The average molecular weight is 388 g/mol. The van der Waals surface area contributed by atoms with Crippen LogP contribution in [0.25, 0.3) is 10.9 Å². The Labute approximate surface area is 165 Å². The van der Waals surface area contributed by atoms with Gasteiger partial charge in [0.1, 0.15) is 5.54 Å². The van der Waals surface area contributed by atoms with Gasteiger partial charge in [0.25, 0.3) is 0 Å². The minimum absolute atomic E-state index is 0. The van der Waals surface area contributed by atoms with Gasteiger partial charge >= 0.3 is 0 Å². The lowest BCUT2D eigenvalue weighted by Crippen LogP contribution is -2.54. The van der Waals surface area contributed by atoms with E-state index in [4.69, 9.17) is 0 Å². The fraction of sp³-hybridized carbons (Fsp3) is 0.400. The number of nitrogens with one attached hydrogen (secondary N) is 3. The molecule has 6 nitrogen and oxygen atoms in total. The lowest BCUT2D eigenvalue weighted by Gasteiger charge is -2.36. The number of carbonyl (C=O) groups excluding carboxylic acids is 1. The summed E-state index contributed by atoms with van der Waals surface area (Å²) in [7, 11) is 0. The highest BCUT2D eigenvalue weighted by molar-refractivity contribution is 5.86. The van der Waals surface area contributed by atoms with Crippen LogP contribution in [0.15, 0.2) is 36.7 Å². The minimum atomic E-state index is -0.598. The van der Waals surface area contributed by atoms with E-state index in [0.29, 0.717) is 6.54 Å². The van der Waals surface area contributed by atoms with E-state index >= 15 is 0 Å². The van der Waals surface area contributed by atoms with Gasteiger partial charge in [-0.15, -0.1) is 12.4 Å². The Hall–Kier alpha value is -2.31. The number of hydrogen-bond acceptors (Lipinski definition) is 3. The molecule has 144 valence electrons. The summed E-state index contributed by atoms with van der Waals surface area (Å²) >= 11 is 0. The summed E-state index contributed by atoms with van der Waals surface area (Å²) in [5, 5.41) is 12.1. The first-order valence-electron chi connectivity index (χ1n) is 9.17. The van der Waals surface area contributed by atoms with Crippen molar-refractivity contribution in [2.24, 2.45) is 0 Å². The lowest BCUT2D eigenvalue weighted by molar-refractivity contribution is -0.132. The van der Waals surface area contributed by atoms with Crippen molar-refractivity contribution in [3.05, 3.63) is 53.5 Å². The van der Waals surface area contributed by atoms with E-state index in [-0.39, 0.29) is 18.3 Å². The summed E-state index contributed by atoms with van der Waals surface area (Å²) in [5.41, 5.74) is 4.10. The van der Waals surface area contributed by atoms with Crippen LogP contribution in [0, 0.1) is 13.8 Å². The van der Waals surface area contributed by atoms with Crippen molar-refractivity contribution >= 4 is 29.2 Å². The first-order chi connectivity index (χ1) is 12.6. The smallest absolute Gasteiger partial charge is 0.248 e. The number of benzene rings is 1.